The first-order valence-corrected chi connectivity index (χ1v) is 11.7. The van der Waals surface area contributed by atoms with Crippen LogP contribution in [0.15, 0.2) is 58.2 Å². The van der Waals surface area contributed by atoms with Crippen LogP contribution in [-0.2, 0) is 21.3 Å². The molecule has 0 bridgehead atoms. The summed E-state index contributed by atoms with van der Waals surface area (Å²) in [4.78, 5) is 0.0137. The van der Waals surface area contributed by atoms with Gasteiger partial charge in [-0.1, -0.05) is 11.2 Å². The van der Waals surface area contributed by atoms with Crippen LogP contribution in [0, 0.1) is 0 Å². The van der Waals surface area contributed by atoms with Gasteiger partial charge in [-0.15, -0.1) is 0 Å². The predicted octanol–water partition coefficient (Wildman–Crippen LogP) is 3.00. The lowest BCUT2D eigenvalue weighted by molar-refractivity contribution is 0.00831. The highest BCUT2D eigenvalue weighted by Gasteiger charge is 2.28. The molecule has 0 atom stereocenters. The normalized spacial score (nSPS) is 14.2. The second-order valence-electron chi connectivity index (χ2n) is 7.66. The van der Waals surface area contributed by atoms with Crippen LogP contribution in [0.5, 0.6) is 11.5 Å². The Labute approximate surface area is 190 Å². The number of sulfonamides is 1. The number of nitrogens with one attached hydrogen (secondary N) is 1. The van der Waals surface area contributed by atoms with Gasteiger partial charge in [0.25, 0.3) is 10.0 Å². The number of nitrogens with zero attached hydrogens (tertiary/aromatic N) is 3. The standard InChI is InChI=1S/C22H22N4O6S/c1-29-17-5-4-15(16-12-31-13-16)10-20(17)33(27,28)25-22-21-18(30-2)8-14(9-19(21)32-24-22)11-26-7-3-6-23-26/h3-10,16H,11-13H2,1-2H3,(H,24,25). The van der Waals surface area contributed by atoms with E-state index in [1.165, 1.54) is 14.2 Å². The maximum atomic E-state index is 13.3. The van der Waals surface area contributed by atoms with Crippen molar-refractivity contribution in [3.8, 4) is 11.5 Å². The highest BCUT2D eigenvalue weighted by molar-refractivity contribution is 7.92. The van der Waals surface area contributed by atoms with Gasteiger partial charge in [-0.05, 0) is 41.5 Å². The molecule has 5 rings (SSSR count). The first-order valence-electron chi connectivity index (χ1n) is 10.2. The van der Waals surface area contributed by atoms with Crippen LogP contribution in [0.25, 0.3) is 11.0 Å². The number of hydrogen-bond acceptors (Lipinski definition) is 8. The fraction of sp³-hybridized carbons (Fsp3) is 0.273. The van der Waals surface area contributed by atoms with E-state index < -0.39 is 10.0 Å². The largest absolute Gasteiger partial charge is 0.496 e. The molecule has 172 valence electrons. The molecule has 1 aliphatic rings. The minimum atomic E-state index is -4.04. The molecule has 0 saturated carbocycles. The molecule has 4 aromatic rings. The van der Waals surface area contributed by atoms with Gasteiger partial charge in [0.15, 0.2) is 11.4 Å². The van der Waals surface area contributed by atoms with Crippen LogP contribution in [0.4, 0.5) is 5.82 Å². The first-order chi connectivity index (χ1) is 16.0. The van der Waals surface area contributed by atoms with Crippen molar-refractivity contribution < 1.29 is 27.2 Å². The maximum Gasteiger partial charge on any atom is 0.266 e. The fourth-order valence-electron chi connectivity index (χ4n) is 3.76. The van der Waals surface area contributed by atoms with Gasteiger partial charge in [-0.3, -0.25) is 9.40 Å². The number of benzene rings is 2. The minimum absolute atomic E-state index is 0.0137. The molecular formula is C22H22N4O6S. The van der Waals surface area contributed by atoms with E-state index >= 15 is 0 Å². The second-order valence-corrected chi connectivity index (χ2v) is 9.31. The van der Waals surface area contributed by atoms with Crippen molar-refractivity contribution in [1.82, 2.24) is 14.9 Å². The summed E-state index contributed by atoms with van der Waals surface area (Å²) in [5.74, 6) is 0.853. The first kappa shape index (κ1) is 21.3. The van der Waals surface area contributed by atoms with Crippen molar-refractivity contribution in [3.05, 3.63) is 59.9 Å². The van der Waals surface area contributed by atoms with Gasteiger partial charge in [-0.25, -0.2) is 8.42 Å². The molecule has 2 aromatic carbocycles. The summed E-state index contributed by atoms with van der Waals surface area (Å²) in [7, 11) is -1.11. The van der Waals surface area contributed by atoms with Gasteiger partial charge < -0.3 is 18.7 Å². The summed E-state index contributed by atoms with van der Waals surface area (Å²) in [5.41, 5.74) is 2.13. The number of ether oxygens (including phenoxy) is 3. The van der Waals surface area contributed by atoms with Crippen LogP contribution in [-0.4, -0.2) is 50.8 Å². The molecule has 0 aliphatic carbocycles. The lowest BCUT2D eigenvalue weighted by Gasteiger charge is -2.27. The molecule has 1 fully saturated rings. The quantitative estimate of drug-likeness (QED) is 0.418. The minimum Gasteiger partial charge on any atom is -0.496 e. The van der Waals surface area contributed by atoms with Crippen LogP contribution < -0.4 is 14.2 Å². The zero-order chi connectivity index (χ0) is 23.0. The number of rotatable bonds is 8. The number of methoxy groups -OCH3 is 2. The summed E-state index contributed by atoms with van der Waals surface area (Å²) >= 11 is 0. The molecule has 33 heavy (non-hydrogen) atoms. The zero-order valence-electron chi connectivity index (χ0n) is 18.0. The van der Waals surface area contributed by atoms with Crippen molar-refractivity contribution >= 4 is 26.8 Å². The Morgan fingerprint density at radius 3 is 2.64 bits per heavy atom. The smallest absolute Gasteiger partial charge is 0.266 e. The monoisotopic (exact) mass is 470 g/mol. The van der Waals surface area contributed by atoms with Crippen molar-refractivity contribution in [3.63, 3.8) is 0 Å². The van der Waals surface area contributed by atoms with Gasteiger partial charge in [0, 0.05) is 18.3 Å². The summed E-state index contributed by atoms with van der Waals surface area (Å²) in [6.07, 6.45) is 3.53. The highest BCUT2D eigenvalue weighted by atomic mass is 32.2. The number of anilines is 1. The third kappa shape index (κ3) is 4.00. The van der Waals surface area contributed by atoms with Crippen molar-refractivity contribution in [2.75, 3.05) is 32.2 Å². The van der Waals surface area contributed by atoms with Gasteiger partial charge in [0.05, 0.1) is 34.0 Å². The van der Waals surface area contributed by atoms with E-state index in [1.54, 1.807) is 35.1 Å². The Balaban J connectivity index is 1.51. The van der Waals surface area contributed by atoms with Gasteiger partial charge in [0.1, 0.15) is 21.8 Å². The van der Waals surface area contributed by atoms with E-state index in [4.69, 9.17) is 18.7 Å². The molecule has 11 heteroatoms. The van der Waals surface area contributed by atoms with Crippen LogP contribution in [0.2, 0.25) is 0 Å². The van der Waals surface area contributed by atoms with Crippen molar-refractivity contribution in [2.45, 2.75) is 17.4 Å². The van der Waals surface area contributed by atoms with Crippen molar-refractivity contribution in [2.24, 2.45) is 0 Å². The van der Waals surface area contributed by atoms with Crippen LogP contribution in [0.1, 0.15) is 17.0 Å². The molecular weight excluding hydrogens is 448 g/mol. The Hall–Kier alpha value is -3.57. The average Bonchev–Trinajstić information content (AvgIpc) is 3.42. The zero-order valence-corrected chi connectivity index (χ0v) is 18.8. The van der Waals surface area contributed by atoms with E-state index in [9.17, 15) is 8.42 Å². The fourth-order valence-corrected chi connectivity index (χ4v) is 4.97. The molecule has 10 nitrogen and oxygen atoms in total. The molecule has 1 saturated heterocycles. The molecule has 0 unspecified atom stereocenters. The molecule has 3 heterocycles. The lowest BCUT2D eigenvalue weighted by atomic mass is 9.98. The summed E-state index contributed by atoms with van der Waals surface area (Å²) in [6.45, 7) is 1.62. The summed E-state index contributed by atoms with van der Waals surface area (Å²) < 4.78 is 52.4. The second kappa shape index (κ2) is 8.41. The molecule has 0 radical (unpaired) electrons. The molecule has 2 aromatic heterocycles. The number of fused-ring (bicyclic) bond motifs is 1. The van der Waals surface area contributed by atoms with Crippen LogP contribution in [0.3, 0.4) is 0 Å². The molecule has 1 aliphatic heterocycles. The average molecular weight is 471 g/mol. The van der Waals surface area contributed by atoms with E-state index in [0.717, 1.165) is 11.1 Å². The summed E-state index contributed by atoms with van der Waals surface area (Å²) in [5, 5.41) is 8.59. The van der Waals surface area contributed by atoms with Gasteiger partial charge in [-0.2, -0.15) is 5.10 Å². The number of aromatic nitrogens is 3. The van der Waals surface area contributed by atoms with E-state index in [-0.39, 0.29) is 22.4 Å². The molecule has 1 N–H and O–H groups in total. The Morgan fingerprint density at radius 1 is 1.15 bits per heavy atom. The third-order valence-corrected chi connectivity index (χ3v) is 6.90. The van der Waals surface area contributed by atoms with Crippen molar-refractivity contribution in [1.29, 1.82) is 0 Å². The molecule has 0 amide bonds. The Bertz CT molecular complexity index is 1390. The van der Waals surface area contributed by atoms with Gasteiger partial charge in [0.2, 0.25) is 0 Å². The maximum absolute atomic E-state index is 13.3. The lowest BCUT2D eigenvalue weighted by Crippen LogP contribution is -2.25. The van der Waals surface area contributed by atoms with E-state index in [2.05, 4.69) is 15.0 Å². The Morgan fingerprint density at radius 2 is 1.97 bits per heavy atom. The van der Waals surface area contributed by atoms with Gasteiger partial charge >= 0.3 is 0 Å². The summed E-state index contributed by atoms with van der Waals surface area (Å²) in [6, 6.07) is 10.5. The topological polar surface area (TPSA) is 118 Å². The third-order valence-electron chi connectivity index (χ3n) is 5.54. The van der Waals surface area contributed by atoms with E-state index in [1.807, 2.05) is 18.3 Å². The van der Waals surface area contributed by atoms with Crippen LogP contribution >= 0.6 is 0 Å². The molecule has 0 spiro atoms. The van der Waals surface area contributed by atoms with E-state index in [0.29, 0.717) is 36.5 Å². The highest BCUT2D eigenvalue weighted by Crippen LogP contribution is 2.37. The predicted molar refractivity (Wildman–Crippen MR) is 119 cm³/mol. The SMILES string of the molecule is COc1ccc(C2COC2)cc1S(=O)(=O)Nc1noc2cc(Cn3cccn3)cc(OC)c12. The Kier molecular flexibility index (Phi) is 5.43. The number of hydrogen-bond donors (Lipinski definition) is 1.